The first-order valence-electron chi connectivity index (χ1n) is 9.33. The molecule has 2 aromatic rings. The Morgan fingerprint density at radius 1 is 1.17 bits per heavy atom. The van der Waals surface area contributed by atoms with Crippen LogP contribution in [0.3, 0.4) is 0 Å². The van der Waals surface area contributed by atoms with Crippen molar-refractivity contribution in [1.29, 1.82) is 0 Å². The second kappa shape index (κ2) is 8.63. The molecule has 0 aliphatic heterocycles. The lowest BCUT2D eigenvalue weighted by Gasteiger charge is -2.28. The lowest BCUT2D eigenvalue weighted by atomic mass is 9.81. The molecular weight excluding hydrogens is 385 g/mol. The number of hydrogen-bond acceptors (Lipinski definition) is 4. The highest BCUT2D eigenvalue weighted by atomic mass is 19.4. The van der Waals surface area contributed by atoms with Gasteiger partial charge in [0.1, 0.15) is 0 Å². The summed E-state index contributed by atoms with van der Waals surface area (Å²) < 4.78 is 43.7. The minimum atomic E-state index is -4.14. The van der Waals surface area contributed by atoms with Gasteiger partial charge in [0.15, 0.2) is 5.69 Å². The maximum atomic E-state index is 12.8. The Kier molecular flexibility index (Phi) is 6.20. The second-order valence-corrected chi connectivity index (χ2v) is 7.09. The van der Waals surface area contributed by atoms with Crippen LogP contribution in [-0.2, 0) is 0 Å². The molecule has 0 spiro atoms. The average Bonchev–Trinajstić information content (AvgIpc) is 2.71. The zero-order valence-corrected chi connectivity index (χ0v) is 15.9. The van der Waals surface area contributed by atoms with Gasteiger partial charge in [0.2, 0.25) is 5.88 Å². The lowest BCUT2D eigenvalue weighted by Crippen LogP contribution is -2.27. The number of pyridine rings is 1. The van der Waals surface area contributed by atoms with Crippen LogP contribution >= 0.6 is 0 Å². The summed E-state index contributed by atoms with van der Waals surface area (Å²) in [5, 5.41) is 11.6. The van der Waals surface area contributed by atoms with Crippen LogP contribution in [0.5, 0.6) is 5.88 Å². The molecule has 0 unspecified atom stereocenters. The summed E-state index contributed by atoms with van der Waals surface area (Å²) in [6.07, 6.45) is 0.378. The van der Waals surface area contributed by atoms with E-state index >= 15 is 0 Å². The third-order valence-electron chi connectivity index (χ3n) is 5.22. The number of nitro groups is 1. The molecule has 1 fully saturated rings. The zero-order chi connectivity index (χ0) is 21.0. The molecule has 8 heteroatoms. The van der Waals surface area contributed by atoms with Gasteiger partial charge >= 0.3 is 6.18 Å². The number of ether oxygens (including phenoxy) is 1. The summed E-state index contributed by atoms with van der Waals surface area (Å²) in [5.41, 5.74) is 1.07. The smallest absolute Gasteiger partial charge is 0.391 e. The van der Waals surface area contributed by atoms with Crippen molar-refractivity contribution in [2.45, 2.75) is 31.9 Å². The van der Waals surface area contributed by atoms with E-state index in [0.29, 0.717) is 24.0 Å². The van der Waals surface area contributed by atoms with Gasteiger partial charge in [0.25, 0.3) is 5.69 Å². The largest absolute Gasteiger partial charge is 0.481 e. The molecule has 0 amide bonds. The zero-order valence-electron chi connectivity index (χ0n) is 15.9. The molecule has 154 valence electrons. The molecule has 0 bridgehead atoms. The Bertz CT molecular complexity index is 890. The van der Waals surface area contributed by atoms with Gasteiger partial charge in [0, 0.05) is 17.2 Å². The third-order valence-corrected chi connectivity index (χ3v) is 5.22. The van der Waals surface area contributed by atoms with Crippen LogP contribution in [-0.4, -0.2) is 23.2 Å². The molecular formula is C21H21F3N2O3. The van der Waals surface area contributed by atoms with Gasteiger partial charge in [-0.2, -0.15) is 13.2 Å². The summed E-state index contributed by atoms with van der Waals surface area (Å²) >= 11 is 0. The van der Waals surface area contributed by atoms with Gasteiger partial charge in [-0.1, -0.05) is 42.5 Å². The predicted molar refractivity (Wildman–Crippen MR) is 103 cm³/mol. The molecule has 1 saturated carbocycles. The Hall–Kier alpha value is -2.90. The maximum Gasteiger partial charge on any atom is 0.391 e. The summed E-state index contributed by atoms with van der Waals surface area (Å²) in [4.78, 5) is 15.4. The van der Waals surface area contributed by atoms with Crippen molar-refractivity contribution in [1.82, 2.24) is 4.98 Å². The van der Waals surface area contributed by atoms with Crippen molar-refractivity contribution >= 4 is 11.8 Å². The molecule has 0 radical (unpaired) electrons. The molecule has 0 saturated heterocycles. The fourth-order valence-corrected chi connectivity index (χ4v) is 3.61. The van der Waals surface area contributed by atoms with Gasteiger partial charge in [-0.3, -0.25) is 10.1 Å². The van der Waals surface area contributed by atoms with Crippen molar-refractivity contribution in [2.24, 2.45) is 11.8 Å². The van der Waals surface area contributed by atoms with Gasteiger partial charge in [-0.15, -0.1) is 0 Å². The Labute approximate surface area is 166 Å². The normalized spacial score (nSPS) is 20.0. The Morgan fingerprint density at radius 2 is 1.83 bits per heavy atom. The first-order chi connectivity index (χ1) is 13.8. The molecule has 1 heterocycles. The lowest BCUT2D eigenvalue weighted by molar-refractivity contribution is -0.384. The number of halogens is 3. The van der Waals surface area contributed by atoms with Gasteiger partial charge in [-0.25, -0.2) is 4.98 Å². The summed E-state index contributed by atoms with van der Waals surface area (Å²) in [6.45, 7) is 0. The molecule has 29 heavy (non-hydrogen) atoms. The van der Waals surface area contributed by atoms with Gasteiger partial charge in [-0.05, 0) is 31.6 Å². The standard InChI is InChI=1S/C21H21F3N2O3/c1-29-20-16(10-7-14-8-11-17(12-9-14)21(22,23)24)13-18(26(27)28)19(25-20)15-5-3-2-4-6-15/h2-7,10,13-14,17H,8-9,11-12H2,1H3/b10-7+. The third kappa shape index (κ3) is 4.93. The fourth-order valence-electron chi connectivity index (χ4n) is 3.61. The number of methoxy groups -OCH3 is 1. The van der Waals surface area contributed by atoms with Crippen LogP contribution in [0, 0.1) is 22.0 Å². The summed E-state index contributed by atoms with van der Waals surface area (Å²) in [6, 6.07) is 10.2. The number of benzene rings is 1. The van der Waals surface area contributed by atoms with E-state index in [9.17, 15) is 23.3 Å². The van der Waals surface area contributed by atoms with Crippen LogP contribution in [0.4, 0.5) is 18.9 Å². The van der Waals surface area contributed by atoms with E-state index < -0.39 is 17.0 Å². The highest BCUT2D eigenvalue weighted by Gasteiger charge is 2.41. The molecule has 5 nitrogen and oxygen atoms in total. The number of allylic oxidation sites excluding steroid dienone is 1. The summed E-state index contributed by atoms with van der Waals surface area (Å²) in [5.74, 6) is -1.02. The molecule has 1 aromatic heterocycles. The van der Waals surface area contributed by atoms with Crippen molar-refractivity contribution in [2.75, 3.05) is 7.11 Å². The molecule has 1 aromatic carbocycles. The minimum Gasteiger partial charge on any atom is -0.481 e. The SMILES string of the molecule is COc1nc(-c2ccccc2)c([N+](=O)[O-])cc1/C=C/C1CCC(C(F)(F)F)CC1. The molecule has 1 aliphatic rings. The molecule has 0 N–H and O–H groups in total. The average molecular weight is 406 g/mol. The van der Waals surface area contributed by atoms with Gasteiger partial charge < -0.3 is 4.74 Å². The maximum absolute atomic E-state index is 12.8. The topological polar surface area (TPSA) is 65.3 Å². The minimum absolute atomic E-state index is 0.00818. The first kappa shape index (κ1) is 20.8. The molecule has 1 aliphatic carbocycles. The van der Waals surface area contributed by atoms with E-state index in [1.165, 1.54) is 13.2 Å². The number of rotatable bonds is 5. The monoisotopic (exact) mass is 406 g/mol. The second-order valence-electron chi connectivity index (χ2n) is 7.09. The van der Waals surface area contributed by atoms with Crippen LogP contribution < -0.4 is 4.74 Å². The van der Waals surface area contributed by atoms with Crippen LogP contribution in [0.1, 0.15) is 31.2 Å². The Morgan fingerprint density at radius 3 is 2.38 bits per heavy atom. The quantitative estimate of drug-likeness (QED) is 0.448. The van der Waals surface area contributed by atoms with Crippen LogP contribution in [0.2, 0.25) is 0 Å². The van der Waals surface area contributed by atoms with Crippen LogP contribution in [0.15, 0.2) is 42.5 Å². The number of nitrogens with zero attached hydrogens (tertiary/aromatic N) is 2. The van der Waals surface area contributed by atoms with E-state index in [1.807, 2.05) is 0 Å². The van der Waals surface area contributed by atoms with Crippen LogP contribution in [0.25, 0.3) is 17.3 Å². The highest BCUT2D eigenvalue weighted by Crippen LogP contribution is 2.40. The van der Waals surface area contributed by atoms with Crippen molar-refractivity contribution in [3.8, 4) is 17.1 Å². The van der Waals surface area contributed by atoms with E-state index in [4.69, 9.17) is 4.74 Å². The molecule has 3 rings (SSSR count). The number of hydrogen-bond donors (Lipinski definition) is 0. The number of aromatic nitrogens is 1. The summed E-state index contributed by atoms with van der Waals surface area (Å²) in [7, 11) is 1.43. The number of alkyl halides is 3. The van der Waals surface area contributed by atoms with E-state index in [0.717, 1.165) is 0 Å². The van der Waals surface area contributed by atoms with Crippen molar-refractivity contribution in [3.63, 3.8) is 0 Å². The Balaban J connectivity index is 1.85. The van der Waals surface area contributed by atoms with Crippen molar-refractivity contribution < 1.29 is 22.8 Å². The van der Waals surface area contributed by atoms with Crippen molar-refractivity contribution in [3.05, 3.63) is 58.2 Å². The van der Waals surface area contributed by atoms with E-state index in [1.54, 1.807) is 42.5 Å². The molecule has 0 atom stereocenters. The highest BCUT2D eigenvalue weighted by molar-refractivity contribution is 5.73. The van der Waals surface area contributed by atoms with Gasteiger partial charge in [0.05, 0.1) is 18.0 Å². The predicted octanol–water partition coefficient (Wildman–Crippen LogP) is 6.05. The van der Waals surface area contributed by atoms with E-state index in [-0.39, 0.29) is 36.0 Å². The fraction of sp³-hybridized carbons (Fsp3) is 0.381. The van der Waals surface area contributed by atoms with E-state index in [2.05, 4.69) is 4.98 Å². The first-order valence-corrected chi connectivity index (χ1v) is 9.33.